The summed E-state index contributed by atoms with van der Waals surface area (Å²) in [4.78, 5) is 1.37. The second kappa shape index (κ2) is 3.62. The number of aryl methyl sites for hydroxylation is 1. The molecular weight excluding hydrogens is 180 g/mol. The minimum atomic E-state index is 0.270. The van der Waals surface area contributed by atoms with Crippen LogP contribution in [-0.4, -0.2) is 17.6 Å². The third kappa shape index (κ3) is 1.83. The molecule has 0 atom stereocenters. The zero-order valence-electron chi connectivity index (χ0n) is 8.93. The molecule has 0 saturated carbocycles. The van der Waals surface area contributed by atoms with Crippen LogP contribution < -0.4 is 0 Å². The summed E-state index contributed by atoms with van der Waals surface area (Å²) in [5.74, 6) is 0.451. The Morgan fingerprint density at radius 2 is 1.62 bits per heavy atom. The lowest BCUT2D eigenvalue weighted by Gasteiger charge is -2.09. The van der Waals surface area contributed by atoms with Gasteiger partial charge in [0.05, 0.1) is 0 Å². The van der Waals surface area contributed by atoms with Crippen LogP contribution in [0.15, 0.2) is 11.0 Å². The van der Waals surface area contributed by atoms with E-state index in [4.69, 9.17) is 0 Å². The molecule has 0 aliphatic heterocycles. The van der Waals surface area contributed by atoms with Gasteiger partial charge in [0.1, 0.15) is 18.3 Å². The maximum absolute atomic E-state index is 9.70. The number of hydrogen-bond acceptors (Lipinski definition) is 1. The van der Waals surface area contributed by atoms with Gasteiger partial charge < -0.3 is 5.11 Å². The van der Waals surface area contributed by atoms with Crippen molar-refractivity contribution in [2.24, 2.45) is 0 Å². The van der Waals surface area contributed by atoms with Gasteiger partial charge in [0.15, 0.2) is 4.90 Å². The Morgan fingerprint density at radius 3 is 2.08 bits per heavy atom. The normalized spacial score (nSPS) is 10.9. The predicted molar refractivity (Wildman–Crippen MR) is 59.8 cm³/mol. The third-order valence-corrected chi connectivity index (χ3v) is 3.75. The van der Waals surface area contributed by atoms with E-state index in [0.29, 0.717) is 5.75 Å². The minimum Gasteiger partial charge on any atom is -0.507 e. The van der Waals surface area contributed by atoms with E-state index in [0.717, 1.165) is 11.1 Å². The summed E-state index contributed by atoms with van der Waals surface area (Å²) < 4.78 is 0. The first-order valence-electron chi connectivity index (χ1n) is 4.32. The highest BCUT2D eigenvalue weighted by Crippen LogP contribution is 2.29. The minimum absolute atomic E-state index is 0.270. The Hall–Kier alpha value is -0.630. The van der Waals surface area contributed by atoms with Crippen LogP contribution >= 0.6 is 0 Å². The van der Waals surface area contributed by atoms with Crippen molar-refractivity contribution in [1.29, 1.82) is 0 Å². The van der Waals surface area contributed by atoms with Crippen LogP contribution in [0, 0.1) is 20.8 Å². The van der Waals surface area contributed by atoms with Crippen LogP contribution in [0.1, 0.15) is 16.7 Å². The average molecular weight is 197 g/mol. The molecule has 1 rings (SSSR count). The Kier molecular flexibility index (Phi) is 2.91. The molecule has 2 heteroatoms. The molecule has 0 fully saturated rings. The van der Waals surface area contributed by atoms with Gasteiger partial charge in [0.2, 0.25) is 0 Å². The SMILES string of the molecule is Cc1cc([S+](C)C)c(C)c(C)c1O. The van der Waals surface area contributed by atoms with Gasteiger partial charge in [-0.1, -0.05) is 0 Å². The molecule has 1 N–H and O–H groups in total. The summed E-state index contributed by atoms with van der Waals surface area (Å²) in [6.07, 6.45) is 4.41. The van der Waals surface area contributed by atoms with Gasteiger partial charge in [-0.3, -0.25) is 0 Å². The summed E-state index contributed by atoms with van der Waals surface area (Å²) in [5.41, 5.74) is 3.24. The van der Waals surface area contributed by atoms with Crippen molar-refractivity contribution < 1.29 is 5.11 Å². The van der Waals surface area contributed by atoms with Crippen molar-refractivity contribution in [2.75, 3.05) is 12.5 Å². The van der Waals surface area contributed by atoms with E-state index in [9.17, 15) is 5.11 Å². The summed E-state index contributed by atoms with van der Waals surface area (Å²) in [6.45, 7) is 6.02. The molecule has 1 aromatic rings. The maximum atomic E-state index is 9.70. The average Bonchev–Trinajstić information content (AvgIpc) is 2.07. The molecule has 0 saturated heterocycles. The number of aromatic hydroxyl groups is 1. The van der Waals surface area contributed by atoms with E-state index in [2.05, 4.69) is 25.5 Å². The Morgan fingerprint density at radius 1 is 1.08 bits per heavy atom. The monoisotopic (exact) mass is 197 g/mol. The smallest absolute Gasteiger partial charge is 0.158 e. The van der Waals surface area contributed by atoms with Crippen molar-refractivity contribution in [1.82, 2.24) is 0 Å². The molecule has 0 radical (unpaired) electrons. The number of phenols is 1. The molecule has 0 aliphatic rings. The van der Waals surface area contributed by atoms with Crippen LogP contribution in [0.3, 0.4) is 0 Å². The maximum Gasteiger partial charge on any atom is 0.158 e. The van der Waals surface area contributed by atoms with Crippen molar-refractivity contribution >= 4 is 10.9 Å². The molecule has 0 heterocycles. The van der Waals surface area contributed by atoms with E-state index in [-0.39, 0.29) is 10.9 Å². The van der Waals surface area contributed by atoms with Gasteiger partial charge in [-0.25, -0.2) is 0 Å². The molecular formula is C11H17OS+. The highest BCUT2D eigenvalue weighted by atomic mass is 32.2. The standard InChI is InChI=1S/C11H16OS/c1-7-6-10(13(4)5)8(2)9(3)11(7)12/h6H,1-5H3/p+1. The highest BCUT2D eigenvalue weighted by molar-refractivity contribution is 7.95. The summed E-state index contributed by atoms with van der Waals surface area (Å²) in [6, 6.07) is 2.10. The van der Waals surface area contributed by atoms with Crippen LogP contribution in [0.25, 0.3) is 0 Å². The number of benzene rings is 1. The summed E-state index contributed by atoms with van der Waals surface area (Å²) >= 11 is 0. The molecule has 1 aromatic carbocycles. The second-order valence-corrected chi connectivity index (χ2v) is 5.68. The molecule has 0 aromatic heterocycles. The van der Waals surface area contributed by atoms with Gasteiger partial charge in [0.25, 0.3) is 0 Å². The largest absolute Gasteiger partial charge is 0.507 e. The van der Waals surface area contributed by atoms with Crippen molar-refractivity contribution in [3.05, 3.63) is 22.8 Å². The van der Waals surface area contributed by atoms with Crippen LogP contribution in [0.5, 0.6) is 5.75 Å². The van der Waals surface area contributed by atoms with Crippen LogP contribution in [0.2, 0.25) is 0 Å². The molecule has 1 nitrogen and oxygen atoms in total. The lowest BCUT2D eigenvalue weighted by atomic mass is 10.1. The first-order valence-corrected chi connectivity index (χ1v) is 6.36. The quantitative estimate of drug-likeness (QED) is 0.686. The van der Waals surface area contributed by atoms with Gasteiger partial charge >= 0.3 is 0 Å². The lowest BCUT2D eigenvalue weighted by molar-refractivity contribution is 0.465. The fourth-order valence-corrected chi connectivity index (χ4v) is 2.63. The second-order valence-electron chi connectivity index (χ2n) is 3.61. The summed E-state index contributed by atoms with van der Waals surface area (Å²) in [5, 5.41) is 9.70. The fraction of sp³-hybridized carbons (Fsp3) is 0.455. The van der Waals surface area contributed by atoms with Gasteiger partial charge in [-0.05, 0) is 31.9 Å². The molecule has 72 valence electrons. The molecule has 0 bridgehead atoms. The topological polar surface area (TPSA) is 20.2 Å². The van der Waals surface area contributed by atoms with E-state index in [1.54, 1.807) is 0 Å². The Balaban J connectivity index is 3.41. The molecule has 0 amide bonds. The van der Waals surface area contributed by atoms with Crippen molar-refractivity contribution in [3.8, 4) is 5.75 Å². The zero-order valence-corrected chi connectivity index (χ0v) is 9.75. The molecule has 0 unspecified atom stereocenters. The highest BCUT2D eigenvalue weighted by Gasteiger charge is 2.17. The van der Waals surface area contributed by atoms with Crippen LogP contribution in [0.4, 0.5) is 0 Å². The summed E-state index contributed by atoms with van der Waals surface area (Å²) in [7, 11) is 0.270. The predicted octanol–water partition coefficient (Wildman–Crippen LogP) is 2.55. The third-order valence-electron chi connectivity index (χ3n) is 2.45. The van der Waals surface area contributed by atoms with E-state index in [1.807, 2.05) is 13.8 Å². The Bertz CT molecular complexity index is 329. The first kappa shape index (κ1) is 10.5. The van der Waals surface area contributed by atoms with E-state index in [1.165, 1.54) is 10.5 Å². The lowest BCUT2D eigenvalue weighted by Crippen LogP contribution is -2.01. The Labute approximate surface area is 83.1 Å². The number of phenolic OH excluding ortho intramolecular Hbond substituents is 1. The van der Waals surface area contributed by atoms with Crippen molar-refractivity contribution in [3.63, 3.8) is 0 Å². The van der Waals surface area contributed by atoms with E-state index >= 15 is 0 Å². The van der Waals surface area contributed by atoms with Gasteiger partial charge in [-0.2, -0.15) is 0 Å². The van der Waals surface area contributed by atoms with Gasteiger partial charge in [-0.15, -0.1) is 0 Å². The van der Waals surface area contributed by atoms with Crippen molar-refractivity contribution in [2.45, 2.75) is 25.7 Å². The fourth-order valence-electron chi connectivity index (χ4n) is 1.46. The van der Waals surface area contributed by atoms with Gasteiger partial charge in [0, 0.05) is 22.5 Å². The van der Waals surface area contributed by atoms with Crippen LogP contribution in [-0.2, 0) is 10.9 Å². The first-order chi connectivity index (χ1) is 5.95. The number of hydrogen-bond donors (Lipinski definition) is 1. The molecule has 13 heavy (non-hydrogen) atoms. The molecule has 0 aliphatic carbocycles. The zero-order chi connectivity index (χ0) is 10.2. The molecule has 0 spiro atoms. The number of rotatable bonds is 1. The van der Waals surface area contributed by atoms with E-state index < -0.39 is 0 Å².